The zero-order chi connectivity index (χ0) is 22.2. The molecule has 1 aliphatic heterocycles. The lowest BCUT2D eigenvalue weighted by Gasteiger charge is -2.26. The first kappa shape index (κ1) is 22.9. The van der Waals surface area contributed by atoms with Crippen molar-refractivity contribution in [3.8, 4) is 11.5 Å². The van der Waals surface area contributed by atoms with Crippen LogP contribution in [0.15, 0.2) is 42.5 Å². The highest BCUT2D eigenvalue weighted by Gasteiger charge is 2.28. The quantitative estimate of drug-likeness (QED) is 0.613. The average Bonchev–Trinajstić information content (AvgIpc) is 3.30. The summed E-state index contributed by atoms with van der Waals surface area (Å²) in [5.41, 5.74) is 3.04. The van der Waals surface area contributed by atoms with Crippen LogP contribution < -0.4 is 24.6 Å². The fraction of sp³-hybridized carbons (Fsp3) is 0.480. The maximum absolute atomic E-state index is 12.9. The van der Waals surface area contributed by atoms with E-state index in [2.05, 4.69) is 34.5 Å². The molecule has 168 valence electrons. The molecule has 6 nitrogen and oxygen atoms in total. The van der Waals surface area contributed by atoms with Gasteiger partial charge in [-0.3, -0.25) is 4.79 Å². The van der Waals surface area contributed by atoms with E-state index in [0.717, 1.165) is 13.1 Å². The van der Waals surface area contributed by atoms with Crippen molar-refractivity contribution in [3.05, 3.63) is 53.6 Å². The van der Waals surface area contributed by atoms with Gasteiger partial charge in [0.2, 0.25) is 0 Å². The monoisotopic (exact) mass is 426 g/mol. The zero-order valence-electron chi connectivity index (χ0n) is 19.2. The maximum Gasteiger partial charge on any atom is 0.251 e. The van der Waals surface area contributed by atoms with Crippen LogP contribution in [0.4, 0.5) is 5.69 Å². The number of carbonyl (C=O) groups excluding carboxylic acids is 1. The van der Waals surface area contributed by atoms with Crippen LogP contribution in [0.3, 0.4) is 0 Å². The molecule has 0 aromatic heterocycles. The summed E-state index contributed by atoms with van der Waals surface area (Å²) in [5.74, 6) is 1.19. The van der Waals surface area contributed by atoms with Gasteiger partial charge in [-0.25, -0.2) is 0 Å². The predicted octanol–water partition coefficient (Wildman–Crippen LogP) is 2.70. The number of rotatable bonds is 10. The Morgan fingerprint density at radius 1 is 1.00 bits per heavy atom. The Morgan fingerprint density at radius 3 is 2.26 bits per heavy atom. The lowest BCUT2D eigenvalue weighted by molar-refractivity contribution is -0.918. The summed E-state index contributed by atoms with van der Waals surface area (Å²) >= 11 is 0. The van der Waals surface area contributed by atoms with Crippen LogP contribution in [0.25, 0.3) is 0 Å². The van der Waals surface area contributed by atoms with E-state index in [1.165, 1.54) is 24.1 Å². The molecule has 0 spiro atoms. The maximum atomic E-state index is 12.9. The topological polar surface area (TPSA) is 55.2 Å². The zero-order valence-corrected chi connectivity index (χ0v) is 19.2. The van der Waals surface area contributed by atoms with E-state index in [-0.39, 0.29) is 11.9 Å². The number of hydrogen-bond donors (Lipinski definition) is 2. The van der Waals surface area contributed by atoms with Crippen molar-refractivity contribution in [2.75, 3.05) is 51.8 Å². The second kappa shape index (κ2) is 11.0. The Balaban J connectivity index is 1.73. The highest BCUT2D eigenvalue weighted by atomic mass is 16.5. The summed E-state index contributed by atoms with van der Waals surface area (Å²) in [7, 11) is 4.09. The highest BCUT2D eigenvalue weighted by Crippen LogP contribution is 2.28. The van der Waals surface area contributed by atoms with Crippen LogP contribution in [0.5, 0.6) is 11.5 Å². The Bertz CT molecular complexity index is 846. The van der Waals surface area contributed by atoms with Crippen LogP contribution in [0.1, 0.15) is 48.7 Å². The molecule has 31 heavy (non-hydrogen) atoms. The van der Waals surface area contributed by atoms with Crippen LogP contribution in [-0.2, 0) is 0 Å². The molecule has 0 saturated carbocycles. The minimum atomic E-state index is -0.0856. The number of carbonyl (C=O) groups is 1. The summed E-state index contributed by atoms with van der Waals surface area (Å²) in [6.45, 7) is 7.83. The normalized spacial score (nSPS) is 14.8. The van der Waals surface area contributed by atoms with Crippen molar-refractivity contribution < 1.29 is 19.2 Å². The van der Waals surface area contributed by atoms with Crippen LogP contribution in [0, 0.1) is 0 Å². The largest absolute Gasteiger partial charge is 0.490 e. The summed E-state index contributed by atoms with van der Waals surface area (Å²) in [6, 6.07) is 14.3. The lowest BCUT2D eigenvalue weighted by atomic mass is 10.0. The second-order valence-electron chi connectivity index (χ2n) is 8.14. The molecule has 1 aliphatic rings. The van der Waals surface area contributed by atoms with Gasteiger partial charge in [0.15, 0.2) is 11.5 Å². The van der Waals surface area contributed by atoms with Gasteiger partial charge in [0.1, 0.15) is 6.04 Å². The van der Waals surface area contributed by atoms with E-state index in [9.17, 15) is 4.79 Å². The van der Waals surface area contributed by atoms with Crippen molar-refractivity contribution in [2.24, 2.45) is 0 Å². The number of amides is 1. The minimum absolute atomic E-state index is 0.0856. The molecule has 2 aromatic carbocycles. The number of ether oxygens (including phenoxy) is 2. The molecule has 2 aromatic rings. The number of quaternary nitrogens is 1. The fourth-order valence-corrected chi connectivity index (χ4v) is 4.17. The van der Waals surface area contributed by atoms with E-state index in [0.29, 0.717) is 36.8 Å². The van der Waals surface area contributed by atoms with Gasteiger partial charge in [-0.15, -0.1) is 0 Å². The molecule has 0 radical (unpaired) electrons. The summed E-state index contributed by atoms with van der Waals surface area (Å²) in [5, 5.41) is 3.17. The van der Waals surface area contributed by atoms with Crippen molar-refractivity contribution in [1.82, 2.24) is 5.32 Å². The predicted molar refractivity (Wildman–Crippen MR) is 125 cm³/mol. The van der Waals surface area contributed by atoms with Gasteiger partial charge >= 0.3 is 0 Å². The van der Waals surface area contributed by atoms with Gasteiger partial charge in [-0.1, -0.05) is 12.1 Å². The van der Waals surface area contributed by atoms with Gasteiger partial charge in [-0.05, 0) is 44.2 Å². The van der Waals surface area contributed by atoms with Gasteiger partial charge in [-0.2, -0.15) is 0 Å². The van der Waals surface area contributed by atoms with Gasteiger partial charge in [0.25, 0.3) is 5.91 Å². The molecule has 3 rings (SSSR count). The van der Waals surface area contributed by atoms with E-state index in [1.54, 1.807) is 17.0 Å². The highest BCUT2D eigenvalue weighted by molar-refractivity contribution is 5.94. The fourth-order valence-electron chi connectivity index (χ4n) is 4.17. The molecule has 0 bridgehead atoms. The molecular formula is C25H36N3O3+. The van der Waals surface area contributed by atoms with Crippen LogP contribution in [0.2, 0.25) is 0 Å². The minimum Gasteiger partial charge on any atom is -0.490 e. The number of hydrogen-bond acceptors (Lipinski definition) is 4. The van der Waals surface area contributed by atoms with E-state index >= 15 is 0 Å². The Labute approximate surface area is 186 Å². The third-order valence-electron chi connectivity index (χ3n) is 5.82. The van der Waals surface area contributed by atoms with Crippen molar-refractivity contribution >= 4 is 11.6 Å². The Hall–Kier alpha value is -2.73. The first-order valence-corrected chi connectivity index (χ1v) is 11.3. The third kappa shape index (κ3) is 5.91. The van der Waals surface area contributed by atoms with E-state index in [4.69, 9.17) is 9.47 Å². The molecule has 1 heterocycles. The van der Waals surface area contributed by atoms with Crippen LogP contribution in [-0.4, -0.2) is 52.9 Å². The van der Waals surface area contributed by atoms with Gasteiger partial charge in [0.05, 0.1) is 32.8 Å². The second-order valence-corrected chi connectivity index (χ2v) is 8.14. The summed E-state index contributed by atoms with van der Waals surface area (Å²) < 4.78 is 11.3. The molecule has 2 N–H and O–H groups in total. The SMILES string of the molecule is CCOc1ccc(C(=O)NC[C@@H](c2ccc(N(C)C)cc2)[NH+]2CCCC2)cc1OCC. The van der Waals surface area contributed by atoms with Crippen molar-refractivity contribution in [2.45, 2.75) is 32.7 Å². The van der Waals surface area contributed by atoms with E-state index < -0.39 is 0 Å². The van der Waals surface area contributed by atoms with Crippen LogP contribution >= 0.6 is 0 Å². The van der Waals surface area contributed by atoms with Crippen molar-refractivity contribution in [1.29, 1.82) is 0 Å². The third-order valence-corrected chi connectivity index (χ3v) is 5.82. The first-order chi connectivity index (χ1) is 15.0. The van der Waals surface area contributed by atoms with Gasteiger partial charge in [0, 0.05) is 43.8 Å². The number of nitrogens with one attached hydrogen (secondary N) is 2. The molecule has 1 atom stereocenters. The smallest absolute Gasteiger partial charge is 0.251 e. The summed E-state index contributed by atoms with van der Waals surface area (Å²) in [4.78, 5) is 16.6. The number of benzene rings is 2. The summed E-state index contributed by atoms with van der Waals surface area (Å²) in [6.07, 6.45) is 2.48. The standard InChI is InChI=1S/C25H35N3O3/c1-5-30-23-14-11-20(17-24(23)31-6-2)25(29)26-18-22(28-15-7-8-16-28)19-9-12-21(13-10-19)27(3)4/h9-14,17,22H,5-8,15-16,18H2,1-4H3,(H,26,29)/p+1/t22-/m0/s1. The van der Waals surface area contributed by atoms with Gasteiger partial charge < -0.3 is 24.6 Å². The average molecular weight is 427 g/mol. The molecule has 6 heteroatoms. The van der Waals surface area contributed by atoms with Crippen molar-refractivity contribution in [3.63, 3.8) is 0 Å². The molecule has 1 fully saturated rings. The number of anilines is 1. The molecule has 0 aliphatic carbocycles. The Kier molecular flexibility index (Phi) is 8.18. The first-order valence-electron chi connectivity index (χ1n) is 11.3. The Morgan fingerprint density at radius 2 is 1.65 bits per heavy atom. The number of likely N-dealkylation sites (tertiary alicyclic amines) is 1. The molecular weight excluding hydrogens is 390 g/mol. The lowest BCUT2D eigenvalue weighted by Crippen LogP contribution is -3.11. The molecule has 1 saturated heterocycles. The molecule has 1 amide bonds. The molecule has 0 unspecified atom stereocenters. The number of nitrogens with zero attached hydrogens (tertiary/aromatic N) is 1. The van der Waals surface area contributed by atoms with E-state index in [1.807, 2.05) is 34.0 Å².